The van der Waals surface area contributed by atoms with Crippen molar-refractivity contribution < 1.29 is 8.42 Å². The molecule has 0 unspecified atom stereocenters. The van der Waals surface area contributed by atoms with Gasteiger partial charge >= 0.3 is 0 Å². The van der Waals surface area contributed by atoms with Crippen LogP contribution in [0.15, 0.2) is 23.1 Å². The molecule has 0 saturated carbocycles. The summed E-state index contributed by atoms with van der Waals surface area (Å²) in [6, 6.07) is 4.60. The first-order valence-electron chi connectivity index (χ1n) is 6.70. The molecule has 1 rings (SSSR count). The summed E-state index contributed by atoms with van der Waals surface area (Å²) in [5, 5.41) is 0.368. The zero-order valence-electron chi connectivity index (χ0n) is 13.0. The van der Waals surface area contributed by atoms with Crippen LogP contribution in [0.5, 0.6) is 0 Å². The summed E-state index contributed by atoms with van der Waals surface area (Å²) >= 11 is 6.02. The molecule has 0 spiro atoms. The number of rotatable bonds is 7. The first-order chi connectivity index (χ1) is 9.57. The topological polar surface area (TPSA) is 75.4 Å². The highest BCUT2D eigenvalue weighted by atomic mass is 35.5. The van der Waals surface area contributed by atoms with Gasteiger partial charge in [0.15, 0.2) is 0 Å². The van der Waals surface area contributed by atoms with Crippen molar-refractivity contribution >= 4 is 21.6 Å². The molecule has 0 radical (unpaired) electrons. The number of nitrogens with zero attached hydrogens (tertiary/aromatic N) is 1. The summed E-state index contributed by atoms with van der Waals surface area (Å²) < 4.78 is 27.2. The fraction of sp³-hybridized carbons (Fsp3) is 0.571. The molecule has 0 aliphatic carbocycles. The Morgan fingerprint density at radius 1 is 1.33 bits per heavy atom. The van der Waals surface area contributed by atoms with Gasteiger partial charge in [0.1, 0.15) is 0 Å². The third-order valence-corrected chi connectivity index (χ3v) is 4.79. The van der Waals surface area contributed by atoms with Crippen molar-refractivity contribution in [1.29, 1.82) is 0 Å². The van der Waals surface area contributed by atoms with Crippen molar-refractivity contribution in [3.05, 3.63) is 28.8 Å². The Labute approximate surface area is 132 Å². The van der Waals surface area contributed by atoms with Gasteiger partial charge in [0.05, 0.1) is 4.90 Å². The van der Waals surface area contributed by atoms with Crippen molar-refractivity contribution in [3.8, 4) is 0 Å². The fourth-order valence-electron chi connectivity index (χ4n) is 2.15. The van der Waals surface area contributed by atoms with Gasteiger partial charge < -0.3 is 10.6 Å². The lowest BCUT2D eigenvalue weighted by Gasteiger charge is -2.28. The zero-order chi connectivity index (χ0) is 16.3. The van der Waals surface area contributed by atoms with E-state index in [0.29, 0.717) is 11.6 Å². The van der Waals surface area contributed by atoms with Crippen molar-refractivity contribution in [2.24, 2.45) is 11.1 Å². The normalized spacial score (nSPS) is 12.9. The maximum atomic E-state index is 12.3. The lowest BCUT2D eigenvalue weighted by molar-refractivity contribution is 0.242. The second kappa shape index (κ2) is 7.07. The minimum Gasteiger partial charge on any atom is -0.326 e. The van der Waals surface area contributed by atoms with Gasteiger partial charge in [0.2, 0.25) is 10.0 Å². The van der Waals surface area contributed by atoms with E-state index in [9.17, 15) is 8.42 Å². The predicted octanol–water partition coefficient (Wildman–Crippen LogP) is 1.66. The first kappa shape index (κ1) is 18.4. The van der Waals surface area contributed by atoms with Crippen LogP contribution in [0.3, 0.4) is 0 Å². The summed E-state index contributed by atoms with van der Waals surface area (Å²) in [6.45, 7) is 5.44. The van der Waals surface area contributed by atoms with Crippen LogP contribution in [0.4, 0.5) is 0 Å². The molecule has 0 heterocycles. The van der Waals surface area contributed by atoms with Crippen LogP contribution in [0.25, 0.3) is 0 Å². The highest BCUT2D eigenvalue weighted by Crippen LogP contribution is 2.21. The highest BCUT2D eigenvalue weighted by molar-refractivity contribution is 7.89. The second-order valence-corrected chi connectivity index (χ2v) is 8.36. The van der Waals surface area contributed by atoms with Gasteiger partial charge in [-0.05, 0) is 37.2 Å². The van der Waals surface area contributed by atoms with Gasteiger partial charge in [-0.3, -0.25) is 0 Å². The van der Waals surface area contributed by atoms with Crippen molar-refractivity contribution in [1.82, 2.24) is 9.62 Å². The molecular formula is C14H24ClN3O2S. The molecule has 7 heteroatoms. The third-order valence-electron chi connectivity index (χ3n) is 3.04. The van der Waals surface area contributed by atoms with Crippen LogP contribution >= 0.6 is 11.6 Å². The second-order valence-electron chi connectivity index (χ2n) is 6.18. The molecule has 5 nitrogen and oxygen atoms in total. The number of nitrogens with one attached hydrogen (secondary N) is 1. The van der Waals surface area contributed by atoms with Crippen LogP contribution in [0.1, 0.15) is 19.4 Å². The van der Waals surface area contributed by atoms with E-state index >= 15 is 0 Å². The maximum Gasteiger partial charge on any atom is 0.240 e. The average molecular weight is 334 g/mol. The molecule has 0 amide bonds. The Morgan fingerprint density at radius 3 is 2.43 bits per heavy atom. The lowest BCUT2D eigenvalue weighted by Crippen LogP contribution is -2.39. The third kappa shape index (κ3) is 5.56. The standard InChI is InChI=1S/C14H24ClN3O2S/c1-14(2,10-18(3)4)9-17-21(19,20)12-6-5-11(8-16)13(15)7-12/h5-7,17H,8-10,16H2,1-4H3. The number of sulfonamides is 1. The van der Waals surface area contributed by atoms with Gasteiger partial charge in [-0.15, -0.1) is 0 Å². The van der Waals surface area contributed by atoms with E-state index in [1.807, 2.05) is 32.8 Å². The molecule has 0 fully saturated rings. The van der Waals surface area contributed by atoms with E-state index in [0.717, 1.165) is 12.1 Å². The van der Waals surface area contributed by atoms with Gasteiger partial charge in [-0.25, -0.2) is 13.1 Å². The average Bonchev–Trinajstić information content (AvgIpc) is 2.35. The first-order valence-corrected chi connectivity index (χ1v) is 8.56. The van der Waals surface area contributed by atoms with Gasteiger partial charge in [-0.2, -0.15) is 0 Å². The van der Waals surface area contributed by atoms with E-state index in [4.69, 9.17) is 17.3 Å². The molecule has 0 aliphatic rings. The monoisotopic (exact) mass is 333 g/mol. The van der Waals surface area contributed by atoms with Crippen LogP contribution < -0.4 is 10.5 Å². The summed E-state index contributed by atoms with van der Waals surface area (Å²) in [4.78, 5) is 2.19. The molecule has 0 saturated heterocycles. The molecule has 0 atom stereocenters. The highest BCUT2D eigenvalue weighted by Gasteiger charge is 2.23. The Balaban J connectivity index is 2.85. The van der Waals surface area contributed by atoms with Crippen LogP contribution in [-0.4, -0.2) is 40.5 Å². The lowest BCUT2D eigenvalue weighted by atomic mass is 9.93. The minimum absolute atomic E-state index is 0.158. The molecule has 1 aromatic carbocycles. The predicted molar refractivity (Wildman–Crippen MR) is 86.9 cm³/mol. The van der Waals surface area contributed by atoms with Gasteiger partial charge in [0.25, 0.3) is 0 Å². The summed E-state index contributed by atoms with van der Waals surface area (Å²) in [7, 11) is 0.349. The largest absolute Gasteiger partial charge is 0.326 e. The molecule has 0 aromatic heterocycles. The smallest absolute Gasteiger partial charge is 0.240 e. The van der Waals surface area contributed by atoms with E-state index in [2.05, 4.69) is 4.72 Å². The van der Waals surface area contributed by atoms with Crippen molar-refractivity contribution in [3.63, 3.8) is 0 Å². The van der Waals surface area contributed by atoms with E-state index in [1.165, 1.54) is 12.1 Å². The Bertz CT molecular complexity index is 586. The van der Waals surface area contributed by atoms with Gasteiger partial charge in [-0.1, -0.05) is 31.5 Å². The van der Waals surface area contributed by atoms with E-state index < -0.39 is 10.0 Å². The number of hydrogen-bond acceptors (Lipinski definition) is 4. The molecule has 21 heavy (non-hydrogen) atoms. The molecular weight excluding hydrogens is 310 g/mol. The molecule has 3 N–H and O–H groups in total. The Morgan fingerprint density at radius 2 is 1.95 bits per heavy atom. The van der Waals surface area contributed by atoms with Crippen LogP contribution in [0.2, 0.25) is 5.02 Å². The fourth-order valence-corrected chi connectivity index (χ4v) is 3.74. The molecule has 0 aliphatic heterocycles. The van der Waals surface area contributed by atoms with E-state index in [-0.39, 0.29) is 16.9 Å². The number of benzene rings is 1. The SMILES string of the molecule is CN(C)CC(C)(C)CNS(=O)(=O)c1ccc(CN)c(Cl)c1. The molecule has 0 bridgehead atoms. The van der Waals surface area contributed by atoms with Crippen molar-refractivity contribution in [2.45, 2.75) is 25.3 Å². The molecule has 1 aromatic rings. The van der Waals surface area contributed by atoms with E-state index in [1.54, 1.807) is 6.07 Å². The summed E-state index contributed by atoms with van der Waals surface area (Å²) in [6.07, 6.45) is 0. The number of nitrogens with two attached hydrogens (primary N) is 1. The van der Waals surface area contributed by atoms with Crippen LogP contribution in [-0.2, 0) is 16.6 Å². The zero-order valence-corrected chi connectivity index (χ0v) is 14.6. The Hall–Kier alpha value is -0.660. The Kier molecular flexibility index (Phi) is 6.19. The van der Waals surface area contributed by atoms with Crippen molar-refractivity contribution in [2.75, 3.05) is 27.2 Å². The van der Waals surface area contributed by atoms with Crippen LogP contribution in [0, 0.1) is 5.41 Å². The number of hydrogen-bond donors (Lipinski definition) is 2. The quantitative estimate of drug-likeness (QED) is 0.795. The summed E-state index contributed by atoms with van der Waals surface area (Å²) in [5.74, 6) is 0. The van der Waals surface area contributed by atoms with Gasteiger partial charge in [0, 0.05) is 24.7 Å². The maximum absolute atomic E-state index is 12.3. The number of halogens is 1. The minimum atomic E-state index is -3.57. The molecule has 120 valence electrons. The summed E-state index contributed by atoms with van der Waals surface area (Å²) in [5.41, 5.74) is 6.07.